The lowest BCUT2D eigenvalue weighted by atomic mass is 10.6. The summed E-state index contributed by atoms with van der Waals surface area (Å²) < 4.78 is 4.71. The summed E-state index contributed by atoms with van der Waals surface area (Å²) in [7, 11) is 2.06. The molecule has 20 heavy (non-hydrogen) atoms. The van der Waals surface area contributed by atoms with Gasteiger partial charge in [-0.25, -0.2) is 0 Å². The Morgan fingerprint density at radius 3 is 1.35 bits per heavy atom. The van der Waals surface area contributed by atoms with Crippen LogP contribution in [0.5, 0.6) is 0 Å². The molecule has 0 aliphatic carbocycles. The van der Waals surface area contributed by atoms with Crippen molar-refractivity contribution in [2.75, 3.05) is 26.9 Å². The van der Waals surface area contributed by atoms with E-state index in [1.54, 1.807) is 34.8 Å². The molecule has 0 aliphatic rings. The molecule has 0 aromatic carbocycles. The molecule has 8 heteroatoms. The van der Waals surface area contributed by atoms with Gasteiger partial charge in [0.25, 0.3) is 0 Å². The highest BCUT2D eigenvalue weighted by Crippen LogP contribution is 2.24. The van der Waals surface area contributed by atoms with Gasteiger partial charge in [-0.15, -0.1) is 0 Å². The van der Waals surface area contributed by atoms with Crippen molar-refractivity contribution in [1.82, 2.24) is 13.7 Å². The van der Waals surface area contributed by atoms with Gasteiger partial charge in [-0.3, -0.25) is 14.4 Å². The van der Waals surface area contributed by atoms with Crippen LogP contribution >= 0.6 is 12.6 Å². The number of carbonyl (C=O) groups is 3. The van der Waals surface area contributed by atoms with E-state index in [0.717, 1.165) is 6.42 Å². The van der Waals surface area contributed by atoms with Gasteiger partial charge in [0.15, 0.2) is 0 Å². The number of rotatable bonds is 6. The zero-order valence-electron chi connectivity index (χ0n) is 13.1. The highest BCUT2D eigenvalue weighted by atomic mass is 32.1. The van der Waals surface area contributed by atoms with Gasteiger partial charge in [-0.2, -0.15) is 12.6 Å². The zero-order valence-corrected chi connectivity index (χ0v) is 15.0. The van der Waals surface area contributed by atoms with Crippen LogP contribution < -0.4 is 0 Å². The number of thiol groups is 1. The van der Waals surface area contributed by atoms with Crippen LogP contribution in [0.15, 0.2) is 0 Å². The molecule has 6 nitrogen and oxygen atoms in total. The number of carbonyl (C=O) groups excluding carboxylic acids is 3. The first-order chi connectivity index (χ1) is 9.12. The summed E-state index contributed by atoms with van der Waals surface area (Å²) in [6, 6.07) is 0.582. The van der Waals surface area contributed by atoms with Gasteiger partial charge in [0, 0.05) is 48.0 Å². The van der Waals surface area contributed by atoms with E-state index in [2.05, 4.69) is 12.6 Å². The first-order valence-corrected chi connectivity index (χ1v) is 9.15. The zero-order chi connectivity index (χ0) is 16.1. The third-order valence-electron chi connectivity index (χ3n) is 3.70. The summed E-state index contributed by atoms with van der Waals surface area (Å²) in [5, 5.41) is 0. The fourth-order valence-corrected chi connectivity index (χ4v) is 7.23. The van der Waals surface area contributed by atoms with Gasteiger partial charge in [-0.05, 0) is 12.2 Å². The second-order valence-electron chi connectivity index (χ2n) is 4.84. The lowest BCUT2D eigenvalue weighted by Crippen LogP contribution is -2.75. The fourth-order valence-electron chi connectivity index (χ4n) is 2.25. The monoisotopic (exact) mass is 319 g/mol. The summed E-state index contributed by atoms with van der Waals surface area (Å²) in [5.74, 6) is 0.170. The summed E-state index contributed by atoms with van der Waals surface area (Å²) in [6.45, 7) is 4.35. The molecule has 0 fully saturated rings. The molecular formula is C12H25N3O3SSi. The van der Waals surface area contributed by atoms with Crippen molar-refractivity contribution < 1.29 is 14.4 Å². The molecule has 0 bridgehead atoms. The van der Waals surface area contributed by atoms with Gasteiger partial charge in [-0.1, -0.05) is 0 Å². The van der Waals surface area contributed by atoms with Crippen molar-refractivity contribution >= 4 is 38.9 Å². The van der Waals surface area contributed by atoms with E-state index < -0.39 is 8.56 Å². The van der Waals surface area contributed by atoms with Crippen LogP contribution in [-0.4, -0.2) is 66.9 Å². The van der Waals surface area contributed by atoms with Crippen LogP contribution in [0.1, 0.15) is 27.2 Å². The Bertz CT molecular complexity index is 342. The second-order valence-corrected chi connectivity index (χ2v) is 9.34. The average molecular weight is 320 g/mol. The maximum absolute atomic E-state index is 11.9. The second kappa shape index (κ2) is 7.68. The standard InChI is InChI=1S/C12H25N3O3SSi/c1-10(16)13(4)20(9-7-8-19,14(5)11(2)17)15(6)12(3)18/h19H,7-9H2,1-6H3. The topological polar surface area (TPSA) is 60.9 Å². The molecule has 0 radical (unpaired) electrons. The molecular weight excluding hydrogens is 294 g/mol. The molecule has 3 amide bonds. The minimum atomic E-state index is -2.91. The van der Waals surface area contributed by atoms with Crippen LogP contribution in [0.25, 0.3) is 0 Å². The van der Waals surface area contributed by atoms with Gasteiger partial charge in [0.1, 0.15) is 0 Å². The largest absolute Gasteiger partial charge is 0.385 e. The lowest BCUT2D eigenvalue weighted by molar-refractivity contribution is -0.129. The van der Waals surface area contributed by atoms with E-state index in [0.29, 0.717) is 11.8 Å². The van der Waals surface area contributed by atoms with E-state index >= 15 is 0 Å². The Morgan fingerprint density at radius 2 is 1.15 bits per heavy atom. The SMILES string of the molecule is CC(=O)N(C)[Si](CCCS)(N(C)C(C)=O)N(C)C(C)=O. The minimum absolute atomic E-state index is 0.156. The molecule has 0 heterocycles. The van der Waals surface area contributed by atoms with Gasteiger partial charge >= 0.3 is 8.56 Å². The van der Waals surface area contributed by atoms with Crippen molar-refractivity contribution in [1.29, 1.82) is 0 Å². The van der Waals surface area contributed by atoms with Crippen molar-refractivity contribution in [2.45, 2.75) is 33.2 Å². The van der Waals surface area contributed by atoms with Crippen LogP contribution in [0.3, 0.4) is 0 Å². The van der Waals surface area contributed by atoms with E-state index in [4.69, 9.17) is 0 Å². The summed E-state index contributed by atoms with van der Waals surface area (Å²) in [4.78, 5) is 35.6. The predicted molar refractivity (Wildman–Crippen MR) is 84.4 cm³/mol. The Morgan fingerprint density at radius 1 is 0.850 bits per heavy atom. The maximum Gasteiger partial charge on any atom is 0.385 e. The summed E-state index contributed by atoms with van der Waals surface area (Å²) in [5.41, 5.74) is 0. The first kappa shape index (κ1) is 19.0. The molecule has 0 unspecified atom stereocenters. The lowest BCUT2D eigenvalue weighted by Gasteiger charge is -2.49. The molecule has 0 spiro atoms. The molecule has 116 valence electrons. The number of amides is 3. The predicted octanol–water partition coefficient (Wildman–Crippen LogP) is 0.680. The van der Waals surface area contributed by atoms with Crippen LogP contribution in [-0.2, 0) is 14.4 Å². The molecule has 0 aromatic rings. The van der Waals surface area contributed by atoms with Crippen molar-refractivity contribution in [3.05, 3.63) is 0 Å². The van der Waals surface area contributed by atoms with Crippen molar-refractivity contribution in [2.24, 2.45) is 0 Å². The smallest absolute Gasteiger partial charge is 0.338 e. The Hall–Kier alpha value is -1.02. The molecule has 0 atom stereocenters. The van der Waals surface area contributed by atoms with Crippen molar-refractivity contribution in [3.8, 4) is 0 Å². The molecule has 0 saturated heterocycles. The highest BCUT2D eigenvalue weighted by Gasteiger charge is 2.51. The van der Waals surface area contributed by atoms with E-state index in [-0.39, 0.29) is 17.7 Å². The number of hydrogen-bond acceptors (Lipinski definition) is 4. The first-order valence-electron chi connectivity index (χ1n) is 6.47. The van der Waals surface area contributed by atoms with Crippen LogP contribution in [0.4, 0.5) is 0 Å². The van der Waals surface area contributed by atoms with Gasteiger partial charge < -0.3 is 13.7 Å². The highest BCUT2D eigenvalue weighted by molar-refractivity contribution is 7.80. The third-order valence-corrected chi connectivity index (χ3v) is 9.21. The normalized spacial score (nSPS) is 10.9. The molecule has 0 aliphatic heterocycles. The Labute approximate surface area is 127 Å². The molecule has 0 N–H and O–H groups in total. The van der Waals surface area contributed by atoms with Crippen molar-refractivity contribution in [3.63, 3.8) is 0 Å². The quantitative estimate of drug-likeness (QED) is 0.578. The van der Waals surface area contributed by atoms with Gasteiger partial charge in [0.2, 0.25) is 17.7 Å². The van der Waals surface area contributed by atoms with Crippen LogP contribution in [0.2, 0.25) is 6.04 Å². The van der Waals surface area contributed by atoms with E-state index in [1.807, 2.05) is 0 Å². The summed E-state index contributed by atoms with van der Waals surface area (Å²) >= 11 is 4.21. The van der Waals surface area contributed by atoms with Gasteiger partial charge in [0.05, 0.1) is 0 Å². The van der Waals surface area contributed by atoms with Crippen LogP contribution in [0, 0.1) is 0 Å². The third kappa shape index (κ3) is 3.75. The fraction of sp³-hybridized carbons (Fsp3) is 0.750. The molecule has 0 aromatic heterocycles. The Kier molecular flexibility index (Phi) is 7.29. The summed E-state index contributed by atoms with van der Waals surface area (Å²) in [6.07, 6.45) is 0.724. The molecule has 0 saturated carbocycles. The molecule has 0 rings (SSSR count). The minimum Gasteiger partial charge on any atom is -0.338 e. The maximum atomic E-state index is 11.9. The number of nitrogens with zero attached hydrogens (tertiary/aromatic N) is 3. The van der Waals surface area contributed by atoms with E-state index in [1.165, 1.54) is 20.8 Å². The Balaban J connectivity index is 5.93. The average Bonchev–Trinajstić information content (AvgIpc) is 2.37. The number of hydrogen-bond donors (Lipinski definition) is 1. The van der Waals surface area contributed by atoms with E-state index in [9.17, 15) is 14.4 Å².